The van der Waals surface area contributed by atoms with Crippen LogP contribution in [0.15, 0.2) is 60.2 Å². The van der Waals surface area contributed by atoms with Gasteiger partial charge < -0.3 is 14.9 Å². The van der Waals surface area contributed by atoms with Crippen molar-refractivity contribution < 1.29 is 19.6 Å². The molecule has 0 saturated carbocycles. The summed E-state index contributed by atoms with van der Waals surface area (Å²) >= 11 is 0. The number of aliphatic hydroxyl groups is 1. The summed E-state index contributed by atoms with van der Waals surface area (Å²) in [5.41, 5.74) is 0.856. The predicted molar refractivity (Wildman–Crippen MR) is 116 cm³/mol. The molecule has 2 aromatic rings. The molecule has 1 aliphatic heterocycles. The molecule has 8 heteroatoms. The van der Waals surface area contributed by atoms with Gasteiger partial charge in [0.2, 0.25) is 0 Å². The summed E-state index contributed by atoms with van der Waals surface area (Å²) in [6.07, 6.45) is 0. The van der Waals surface area contributed by atoms with E-state index in [0.717, 1.165) is 13.1 Å². The van der Waals surface area contributed by atoms with E-state index in [-0.39, 0.29) is 17.0 Å². The van der Waals surface area contributed by atoms with Gasteiger partial charge in [-0.1, -0.05) is 44.2 Å². The molecule has 0 aromatic heterocycles. The molecule has 162 valence electrons. The summed E-state index contributed by atoms with van der Waals surface area (Å²) in [4.78, 5) is 39.9. The number of hydrogen-bond donors (Lipinski definition) is 1. The molecular weight excluding hydrogens is 398 g/mol. The lowest BCUT2D eigenvalue weighted by molar-refractivity contribution is -0.384. The molecule has 1 aliphatic rings. The van der Waals surface area contributed by atoms with Crippen molar-refractivity contribution in [2.45, 2.75) is 19.9 Å². The Bertz CT molecular complexity index is 998. The van der Waals surface area contributed by atoms with E-state index in [0.29, 0.717) is 24.2 Å². The van der Waals surface area contributed by atoms with Crippen LogP contribution in [0.3, 0.4) is 0 Å². The Morgan fingerprint density at radius 1 is 1.06 bits per heavy atom. The van der Waals surface area contributed by atoms with Crippen LogP contribution in [-0.2, 0) is 9.59 Å². The van der Waals surface area contributed by atoms with E-state index in [4.69, 9.17) is 0 Å². The van der Waals surface area contributed by atoms with Crippen LogP contribution in [0.5, 0.6) is 0 Å². The number of rotatable bonds is 8. The van der Waals surface area contributed by atoms with Gasteiger partial charge in [0.1, 0.15) is 5.76 Å². The van der Waals surface area contributed by atoms with E-state index < -0.39 is 22.7 Å². The minimum atomic E-state index is -0.823. The number of Topliss-reactive ketones (excluding diaryl/α,β-unsaturated/α-hetero) is 1. The number of nitro benzene ring substituents is 1. The quantitative estimate of drug-likeness (QED) is 0.230. The van der Waals surface area contributed by atoms with Crippen LogP contribution in [-0.4, -0.2) is 57.7 Å². The zero-order chi connectivity index (χ0) is 22.5. The van der Waals surface area contributed by atoms with E-state index in [1.165, 1.54) is 29.2 Å². The fraction of sp³-hybridized carbons (Fsp3) is 0.304. The molecule has 1 fully saturated rings. The number of benzene rings is 2. The zero-order valence-corrected chi connectivity index (χ0v) is 17.5. The number of likely N-dealkylation sites (tertiary alicyclic amines) is 1. The highest BCUT2D eigenvalue weighted by molar-refractivity contribution is 6.46. The number of carbonyl (C=O) groups excluding carboxylic acids is 2. The summed E-state index contributed by atoms with van der Waals surface area (Å²) in [5.74, 6) is -1.70. The molecular formula is C23H25N3O5. The number of likely N-dealkylation sites (N-methyl/N-ethyl adjacent to an activating group) is 1. The molecule has 0 radical (unpaired) electrons. The first-order valence-electron chi connectivity index (χ1n) is 10.2. The summed E-state index contributed by atoms with van der Waals surface area (Å²) in [7, 11) is 0. The van der Waals surface area contributed by atoms with Gasteiger partial charge in [-0.05, 0) is 30.8 Å². The number of carbonyl (C=O) groups is 2. The van der Waals surface area contributed by atoms with Crippen LogP contribution in [0.1, 0.15) is 31.0 Å². The summed E-state index contributed by atoms with van der Waals surface area (Å²) in [5, 5.41) is 22.0. The molecule has 2 aromatic carbocycles. The number of amides is 1. The monoisotopic (exact) mass is 423 g/mol. The van der Waals surface area contributed by atoms with E-state index in [9.17, 15) is 24.8 Å². The first-order valence-corrected chi connectivity index (χ1v) is 10.2. The standard InChI is InChI=1S/C23H25N3O5/c1-3-24(4-2)14-15-25-20(16-10-12-18(13-11-16)26(30)31)19(22(28)23(25)29)21(27)17-8-6-5-7-9-17/h5-13,20,27H,3-4,14-15H2,1-2H3/t20-/m1/s1. The number of non-ortho nitro benzene ring substituents is 1. The van der Waals surface area contributed by atoms with Crippen LogP contribution in [0.4, 0.5) is 5.69 Å². The van der Waals surface area contributed by atoms with Gasteiger partial charge in [0, 0.05) is 30.8 Å². The van der Waals surface area contributed by atoms with Gasteiger partial charge in [-0.3, -0.25) is 19.7 Å². The van der Waals surface area contributed by atoms with Gasteiger partial charge in [-0.15, -0.1) is 0 Å². The Kier molecular flexibility index (Phi) is 6.81. The van der Waals surface area contributed by atoms with Crippen LogP contribution in [0.25, 0.3) is 5.76 Å². The maximum absolute atomic E-state index is 12.9. The van der Waals surface area contributed by atoms with Crippen molar-refractivity contribution in [3.63, 3.8) is 0 Å². The molecule has 31 heavy (non-hydrogen) atoms. The number of ketones is 1. The second-order valence-corrected chi connectivity index (χ2v) is 7.23. The third-order valence-corrected chi connectivity index (χ3v) is 5.56. The Labute approximate surface area is 180 Å². The summed E-state index contributed by atoms with van der Waals surface area (Å²) in [6, 6.07) is 13.5. The summed E-state index contributed by atoms with van der Waals surface area (Å²) in [6.45, 7) is 6.48. The number of nitrogens with zero attached hydrogens (tertiary/aromatic N) is 3. The Morgan fingerprint density at radius 2 is 1.68 bits per heavy atom. The fourth-order valence-corrected chi connectivity index (χ4v) is 3.78. The highest BCUT2D eigenvalue weighted by Gasteiger charge is 2.46. The Morgan fingerprint density at radius 3 is 2.23 bits per heavy atom. The fourth-order valence-electron chi connectivity index (χ4n) is 3.78. The third-order valence-electron chi connectivity index (χ3n) is 5.56. The highest BCUT2D eigenvalue weighted by Crippen LogP contribution is 2.39. The molecule has 1 amide bonds. The molecule has 1 atom stereocenters. The number of nitro groups is 1. The maximum atomic E-state index is 12.9. The van der Waals surface area contributed by atoms with Gasteiger partial charge >= 0.3 is 0 Å². The van der Waals surface area contributed by atoms with E-state index >= 15 is 0 Å². The van der Waals surface area contributed by atoms with Crippen molar-refractivity contribution in [2.75, 3.05) is 26.2 Å². The molecule has 3 rings (SSSR count). The lowest BCUT2D eigenvalue weighted by Gasteiger charge is -2.28. The van der Waals surface area contributed by atoms with Gasteiger partial charge in [0.25, 0.3) is 17.4 Å². The van der Waals surface area contributed by atoms with Gasteiger partial charge in [0.15, 0.2) is 0 Å². The smallest absolute Gasteiger partial charge is 0.295 e. The lowest BCUT2D eigenvalue weighted by atomic mass is 9.95. The first-order chi connectivity index (χ1) is 14.9. The summed E-state index contributed by atoms with van der Waals surface area (Å²) < 4.78 is 0. The van der Waals surface area contributed by atoms with Crippen molar-refractivity contribution >= 4 is 23.1 Å². The molecule has 0 unspecified atom stereocenters. The average Bonchev–Trinajstić information content (AvgIpc) is 3.04. The third kappa shape index (κ3) is 4.49. The second-order valence-electron chi connectivity index (χ2n) is 7.23. The maximum Gasteiger partial charge on any atom is 0.295 e. The van der Waals surface area contributed by atoms with Crippen LogP contribution >= 0.6 is 0 Å². The lowest BCUT2D eigenvalue weighted by Crippen LogP contribution is -2.38. The van der Waals surface area contributed by atoms with Crippen molar-refractivity contribution in [1.82, 2.24) is 9.80 Å². The van der Waals surface area contributed by atoms with Crippen molar-refractivity contribution in [1.29, 1.82) is 0 Å². The largest absolute Gasteiger partial charge is 0.507 e. The van der Waals surface area contributed by atoms with Crippen molar-refractivity contribution in [2.24, 2.45) is 0 Å². The first kappa shape index (κ1) is 22.2. The average molecular weight is 423 g/mol. The van der Waals surface area contributed by atoms with Gasteiger partial charge in [-0.25, -0.2) is 0 Å². The van der Waals surface area contributed by atoms with E-state index in [2.05, 4.69) is 4.90 Å². The Hall–Kier alpha value is -3.52. The van der Waals surface area contributed by atoms with Gasteiger partial charge in [0.05, 0.1) is 16.5 Å². The molecule has 0 spiro atoms. The zero-order valence-electron chi connectivity index (χ0n) is 17.5. The highest BCUT2D eigenvalue weighted by atomic mass is 16.6. The molecule has 8 nitrogen and oxygen atoms in total. The minimum Gasteiger partial charge on any atom is -0.507 e. The normalized spacial score (nSPS) is 18.0. The minimum absolute atomic E-state index is 0.00963. The SMILES string of the molecule is CCN(CC)CCN1C(=O)C(=O)C(=C(O)c2ccccc2)[C@H]1c1ccc([N+](=O)[O-])cc1. The molecule has 1 heterocycles. The predicted octanol–water partition coefficient (Wildman–Crippen LogP) is 3.36. The topological polar surface area (TPSA) is 104 Å². The molecule has 0 bridgehead atoms. The van der Waals surface area contributed by atoms with Gasteiger partial charge in [-0.2, -0.15) is 0 Å². The van der Waals surface area contributed by atoms with Crippen LogP contribution in [0, 0.1) is 10.1 Å². The number of hydrogen-bond acceptors (Lipinski definition) is 6. The van der Waals surface area contributed by atoms with E-state index in [1.807, 2.05) is 13.8 Å². The molecule has 0 aliphatic carbocycles. The molecule has 1 N–H and O–H groups in total. The van der Waals surface area contributed by atoms with Crippen molar-refractivity contribution in [3.8, 4) is 0 Å². The second kappa shape index (κ2) is 9.53. The van der Waals surface area contributed by atoms with Crippen LogP contribution < -0.4 is 0 Å². The molecule has 1 saturated heterocycles. The van der Waals surface area contributed by atoms with Crippen molar-refractivity contribution in [3.05, 3.63) is 81.4 Å². The van der Waals surface area contributed by atoms with E-state index in [1.54, 1.807) is 30.3 Å². The Balaban J connectivity index is 2.09. The van der Waals surface area contributed by atoms with Crippen LogP contribution in [0.2, 0.25) is 0 Å². The number of aliphatic hydroxyl groups excluding tert-OH is 1.